The van der Waals surface area contributed by atoms with E-state index in [4.69, 9.17) is 5.73 Å². The van der Waals surface area contributed by atoms with Gasteiger partial charge in [0.05, 0.1) is 12.2 Å². The zero-order valence-corrected chi connectivity index (χ0v) is 13.1. The molecule has 21 heavy (non-hydrogen) atoms. The van der Waals surface area contributed by atoms with Crippen molar-refractivity contribution in [1.82, 2.24) is 10.2 Å². The summed E-state index contributed by atoms with van der Waals surface area (Å²) >= 11 is 0. The molecule has 2 aromatic rings. The predicted molar refractivity (Wildman–Crippen MR) is 87.5 cm³/mol. The van der Waals surface area contributed by atoms with E-state index < -0.39 is 0 Å². The molecule has 4 N–H and O–H groups in total. The third kappa shape index (κ3) is 3.84. The molecule has 0 atom stereocenters. The number of aliphatic imine (C=N–C) groups is 1. The van der Waals surface area contributed by atoms with E-state index >= 15 is 0 Å². The van der Waals surface area contributed by atoms with Gasteiger partial charge in [-0.25, -0.2) is 4.99 Å². The second kappa shape index (κ2) is 6.43. The summed E-state index contributed by atoms with van der Waals surface area (Å²) in [5.41, 5.74) is 11.3. The van der Waals surface area contributed by atoms with Crippen molar-refractivity contribution in [1.29, 1.82) is 0 Å². The van der Waals surface area contributed by atoms with Gasteiger partial charge < -0.3 is 11.1 Å². The second-order valence-corrected chi connectivity index (χ2v) is 5.52. The average molecular weight is 285 g/mol. The van der Waals surface area contributed by atoms with E-state index in [0.717, 1.165) is 22.6 Å². The Kier molecular flexibility index (Phi) is 4.62. The molecule has 2 rings (SSSR count). The van der Waals surface area contributed by atoms with Crippen LogP contribution in [-0.4, -0.2) is 16.2 Å². The van der Waals surface area contributed by atoms with Crippen molar-refractivity contribution < 1.29 is 0 Å². The van der Waals surface area contributed by atoms with Gasteiger partial charge in [0.1, 0.15) is 0 Å². The number of anilines is 1. The lowest BCUT2D eigenvalue weighted by molar-refractivity contribution is 0.867. The molecule has 0 saturated carbocycles. The average Bonchev–Trinajstić information content (AvgIpc) is 2.76. The van der Waals surface area contributed by atoms with Crippen LogP contribution in [0.3, 0.4) is 0 Å². The van der Waals surface area contributed by atoms with Crippen molar-refractivity contribution >= 4 is 11.6 Å². The Morgan fingerprint density at radius 1 is 1.38 bits per heavy atom. The van der Waals surface area contributed by atoms with Gasteiger partial charge in [-0.2, -0.15) is 5.10 Å². The molecule has 5 heteroatoms. The van der Waals surface area contributed by atoms with Crippen LogP contribution in [0.25, 0.3) is 0 Å². The molecule has 0 radical (unpaired) electrons. The number of aryl methyl sites for hydroxylation is 2. The van der Waals surface area contributed by atoms with E-state index in [1.165, 1.54) is 5.56 Å². The van der Waals surface area contributed by atoms with Crippen LogP contribution in [0.15, 0.2) is 29.3 Å². The minimum atomic E-state index is 0.413. The Balaban J connectivity index is 2.05. The van der Waals surface area contributed by atoms with E-state index in [1.54, 1.807) is 0 Å². The monoisotopic (exact) mass is 285 g/mol. The molecule has 0 aliphatic carbocycles. The molecule has 5 nitrogen and oxygen atoms in total. The number of nitrogens with zero attached hydrogens (tertiary/aromatic N) is 2. The van der Waals surface area contributed by atoms with E-state index in [2.05, 4.69) is 46.5 Å². The van der Waals surface area contributed by atoms with Crippen LogP contribution in [0.1, 0.15) is 42.3 Å². The second-order valence-electron chi connectivity index (χ2n) is 5.52. The van der Waals surface area contributed by atoms with Gasteiger partial charge in [-0.3, -0.25) is 5.10 Å². The largest absolute Gasteiger partial charge is 0.370 e. The number of H-pyrrole nitrogens is 1. The summed E-state index contributed by atoms with van der Waals surface area (Å²) in [6.07, 6.45) is 0. The summed E-state index contributed by atoms with van der Waals surface area (Å²) in [6.45, 7) is 8.81. The number of aromatic nitrogens is 2. The Morgan fingerprint density at radius 2 is 2.14 bits per heavy atom. The molecule has 0 fully saturated rings. The van der Waals surface area contributed by atoms with E-state index in [0.29, 0.717) is 18.4 Å². The fourth-order valence-corrected chi connectivity index (χ4v) is 2.13. The minimum Gasteiger partial charge on any atom is -0.370 e. The summed E-state index contributed by atoms with van der Waals surface area (Å²) < 4.78 is 0. The molecule has 0 aliphatic heterocycles. The third-order valence-electron chi connectivity index (χ3n) is 3.51. The first-order chi connectivity index (χ1) is 9.97. The maximum atomic E-state index is 5.96. The Bertz CT molecular complexity index is 620. The molecule has 0 unspecified atom stereocenters. The van der Waals surface area contributed by atoms with Crippen molar-refractivity contribution in [2.24, 2.45) is 10.7 Å². The summed E-state index contributed by atoms with van der Waals surface area (Å²) in [6, 6.07) is 8.22. The normalized spacial score (nSPS) is 12.0. The fraction of sp³-hybridized carbons (Fsp3) is 0.375. The van der Waals surface area contributed by atoms with Gasteiger partial charge in [0, 0.05) is 16.9 Å². The van der Waals surface area contributed by atoms with Gasteiger partial charge >= 0.3 is 0 Å². The number of hydrogen-bond acceptors (Lipinski definition) is 2. The highest BCUT2D eigenvalue weighted by Crippen LogP contribution is 2.18. The number of benzene rings is 1. The van der Waals surface area contributed by atoms with Crippen LogP contribution in [0.5, 0.6) is 0 Å². The zero-order chi connectivity index (χ0) is 15.4. The molecular weight excluding hydrogens is 262 g/mol. The van der Waals surface area contributed by atoms with Gasteiger partial charge in [-0.15, -0.1) is 0 Å². The van der Waals surface area contributed by atoms with Crippen LogP contribution in [0, 0.1) is 13.8 Å². The Labute approximate surface area is 125 Å². The topological polar surface area (TPSA) is 79.1 Å². The molecule has 0 saturated heterocycles. The van der Waals surface area contributed by atoms with Gasteiger partial charge in [0.2, 0.25) is 0 Å². The highest BCUT2D eigenvalue weighted by Gasteiger charge is 2.05. The lowest BCUT2D eigenvalue weighted by Gasteiger charge is -2.10. The first-order valence-electron chi connectivity index (χ1n) is 7.14. The highest BCUT2D eigenvalue weighted by atomic mass is 15.1. The van der Waals surface area contributed by atoms with Crippen LogP contribution >= 0.6 is 0 Å². The summed E-state index contributed by atoms with van der Waals surface area (Å²) in [5.74, 6) is 0.900. The molecule has 112 valence electrons. The zero-order valence-electron chi connectivity index (χ0n) is 13.1. The van der Waals surface area contributed by atoms with Gasteiger partial charge in [-0.1, -0.05) is 26.0 Å². The molecule has 1 aromatic heterocycles. The van der Waals surface area contributed by atoms with E-state index in [-0.39, 0.29) is 0 Å². The van der Waals surface area contributed by atoms with Crippen LogP contribution in [-0.2, 0) is 6.54 Å². The third-order valence-corrected chi connectivity index (χ3v) is 3.51. The molecule has 1 heterocycles. The first-order valence-corrected chi connectivity index (χ1v) is 7.14. The van der Waals surface area contributed by atoms with E-state index in [1.807, 2.05) is 26.0 Å². The molecule has 0 aliphatic rings. The Morgan fingerprint density at radius 3 is 2.76 bits per heavy atom. The Hall–Kier alpha value is -2.30. The first kappa shape index (κ1) is 15.1. The van der Waals surface area contributed by atoms with Gasteiger partial charge in [-0.05, 0) is 37.5 Å². The predicted octanol–water partition coefficient (Wildman–Crippen LogP) is 3.08. The number of rotatable bonds is 4. The summed E-state index contributed by atoms with van der Waals surface area (Å²) in [7, 11) is 0. The van der Waals surface area contributed by atoms with Crippen molar-refractivity contribution in [3.8, 4) is 0 Å². The minimum absolute atomic E-state index is 0.413. The smallest absolute Gasteiger partial charge is 0.193 e. The SMILES string of the molecule is Cc1n[nH]c(C)c1CN=C(N)Nc1cccc(C(C)C)c1. The number of nitrogens with one attached hydrogen (secondary N) is 2. The molecule has 0 amide bonds. The highest BCUT2D eigenvalue weighted by molar-refractivity contribution is 5.92. The van der Waals surface area contributed by atoms with Gasteiger partial charge in [0.25, 0.3) is 0 Å². The fourth-order valence-electron chi connectivity index (χ4n) is 2.13. The van der Waals surface area contributed by atoms with Crippen LogP contribution < -0.4 is 11.1 Å². The maximum Gasteiger partial charge on any atom is 0.193 e. The molecule has 0 spiro atoms. The number of hydrogen-bond donors (Lipinski definition) is 3. The van der Waals surface area contributed by atoms with Crippen molar-refractivity contribution in [3.63, 3.8) is 0 Å². The van der Waals surface area contributed by atoms with E-state index in [9.17, 15) is 0 Å². The molecule has 0 bridgehead atoms. The van der Waals surface area contributed by atoms with Gasteiger partial charge in [0.15, 0.2) is 5.96 Å². The number of guanidine groups is 1. The van der Waals surface area contributed by atoms with Crippen molar-refractivity contribution in [2.45, 2.75) is 40.2 Å². The van der Waals surface area contributed by atoms with Crippen molar-refractivity contribution in [2.75, 3.05) is 5.32 Å². The maximum absolute atomic E-state index is 5.96. The number of nitrogens with two attached hydrogens (primary N) is 1. The quantitative estimate of drug-likeness (QED) is 0.596. The van der Waals surface area contributed by atoms with Crippen molar-refractivity contribution in [3.05, 3.63) is 46.8 Å². The lowest BCUT2D eigenvalue weighted by atomic mass is 10.0. The summed E-state index contributed by atoms with van der Waals surface area (Å²) in [5, 5.41) is 10.2. The van der Waals surface area contributed by atoms with Crippen LogP contribution in [0.2, 0.25) is 0 Å². The summed E-state index contributed by atoms with van der Waals surface area (Å²) in [4.78, 5) is 4.38. The van der Waals surface area contributed by atoms with Crippen LogP contribution in [0.4, 0.5) is 5.69 Å². The standard InChI is InChI=1S/C16H23N5/c1-10(2)13-6-5-7-14(8-13)19-16(17)18-9-15-11(3)20-21-12(15)4/h5-8,10H,9H2,1-4H3,(H,20,21)(H3,17,18,19). The molecular formula is C16H23N5. The number of aromatic amines is 1. The molecule has 1 aromatic carbocycles. The lowest BCUT2D eigenvalue weighted by Crippen LogP contribution is -2.22.